The monoisotopic (exact) mass is 252 g/mol. The lowest BCUT2D eigenvalue weighted by atomic mass is 10.2. The third-order valence-electron chi connectivity index (χ3n) is 1.89. The van der Waals surface area contributed by atoms with E-state index in [-0.39, 0.29) is 4.91 Å². The van der Waals surface area contributed by atoms with Crippen molar-refractivity contribution < 1.29 is 19.1 Å². The quantitative estimate of drug-likeness (QED) is 0.467. The molecule has 0 atom stereocenters. The van der Waals surface area contributed by atoms with Crippen LogP contribution in [-0.4, -0.2) is 25.3 Å². The lowest BCUT2D eigenvalue weighted by Crippen LogP contribution is -2.05. The van der Waals surface area contributed by atoms with E-state index in [1.807, 2.05) is 0 Å². The van der Waals surface area contributed by atoms with Crippen LogP contribution in [0.5, 0.6) is 0 Å². The summed E-state index contributed by atoms with van der Waals surface area (Å²) in [5, 5.41) is 0. The van der Waals surface area contributed by atoms with Crippen LogP contribution in [0.2, 0.25) is 0 Å². The third kappa shape index (κ3) is 3.96. The second-order valence-electron chi connectivity index (χ2n) is 2.95. The Balaban J connectivity index is 2.69. The van der Waals surface area contributed by atoms with Crippen molar-refractivity contribution in [3.8, 4) is 0 Å². The fourth-order valence-corrected chi connectivity index (χ4v) is 1.42. The number of esters is 2. The summed E-state index contributed by atoms with van der Waals surface area (Å²) in [4.78, 5) is 23.0. The molecular weight excluding hydrogens is 240 g/mol. The van der Waals surface area contributed by atoms with E-state index in [1.165, 1.54) is 7.11 Å². The van der Waals surface area contributed by atoms with E-state index in [4.69, 9.17) is 4.74 Å². The van der Waals surface area contributed by atoms with Gasteiger partial charge in [0.1, 0.15) is 11.2 Å². The van der Waals surface area contributed by atoms with Gasteiger partial charge < -0.3 is 9.47 Å². The van der Waals surface area contributed by atoms with Gasteiger partial charge >= 0.3 is 11.9 Å². The van der Waals surface area contributed by atoms with E-state index in [0.717, 1.165) is 18.0 Å². The number of carbonyl (C=O) groups is 2. The summed E-state index contributed by atoms with van der Waals surface area (Å²) in [5.41, 5.74) is 0.425. The Morgan fingerprint density at radius 3 is 2.41 bits per heavy atom. The van der Waals surface area contributed by atoms with Gasteiger partial charge in [-0.1, -0.05) is 18.2 Å². The molecule has 0 radical (unpaired) electrons. The SMILES string of the molecule is COC(=O)C(=COC(=O)c1ccccc1)SC. The van der Waals surface area contributed by atoms with Crippen molar-refractivity contribution >= 4 is 23.7 Å². The predicted octanol–water partition coefficient (Wildman–Crippen LogP) is 2.22. The van der Waals surface area contributed by atoms with Gasteiger partial charge in [-0.2, -0.15) is 0 Å². The van der Waals surface area contributed by atoms with Gasteiger partial charge in [0.25, 0.3) is 0 Å². The maximum Gasteiger partial charge on any atom is 0.347 e. The number of hydrogen-bond acceptors (Lipinski definition) is 5. The number of thioether (sulfide) groups is 1. The van der Waals surface area contributed by atoms with E-state index >= 15 is 0 Å². The zero-order valence-electron chi connectivity index (χ0n) is 9.51. The topological polar surface area (TPSA) is 52.6 Å². The van der Waals surface area contributed by atoms with Crippen molar-refractivity contribution in [1.82, 2.24) is 0 Å². The molecule has 0 heterocycles. The molecule has 1 aromatic rings. The third-order valence-corrected chi connectivity index (χ3v) is 2.59. The first kappa shape index (κ1) is 13.3. The van der Waals surface area contributed by atoms with Crippen molar-refractivity contribution in [2.45, 2.75) is 0 Å². The average Bonchev–Trinajstić information content (AvgIpc) is 2.39. The first-order valence-electron chi connectivity index (χ1n) is 4.77. The molecule has 0 N–H and O–H groups in total. The van der Waals surface area contributed by atoms with E-state index < -0.39 is 11.9 Å². The van der Waals surface area contributed by atoms with Crippen LogP contribution in [0.4, 0.5) is 0 Å². The number of rotatable bonds is 4. The maximum absolute atomic E-state index is 11.5. The molecule has 1 aromatic carbocycles. The molecule has 0 aliphatic rings. The minimum atomic E-state index is -0.529. The minimum absolute atomic E-state index is 0.233. The van der Waals surface area contributed by atoms with Crippen molar-refractivity contribution in [1.29, 1.82) is 0 Å². The first-order chi connectivity index (χ1) is 8.19. The molecule has 0 spiro atoms. The highest BCUT2D eigenvalue weighted by Gasteiger charge is 2.10. The highest BCUT2D eigenvalue weighted by molar-refractivity contribution is 8.03. The summed E-state index contributed by atoms with van der Waals surface area (Å²) >= 11 is 1.15. The van der Waals surface area contributed by atoms with Crippen LogP contribution in [0.3, 0.4) is 0 Å². The normalized spacial score (nSPS) is 10.8. The lowest BCUT2D eigenvalue weighted by molar-refractivity contribution is -0.135. The number of ether oxygens (including phenoxy) is 2. The molecule has 1 rings (SSSR count). The Kier molecular flexibility index (Phi) is 5.29. The highest BCUT2D eigenvalue weighted by atomic mass is 32.2. The summed E-state index contributed by atoms with van der Waals surface area (Å²) in [7, 11) is 1.27. The Hall–Kier alpha value is -1.75. The molecule has 0 amide bonds. The molecule has 90 valence electrons. The smallest absolute Gasteiger partial charge is 0.347 e. The molecule has 0 saturated carbocycles. The Labute approximate surface area is 104 Å². The standard InChI is InChI=1S/C12H12O4S/c1-15-12(14)10(17-2)8-16-11(13)9-6-4-3-5-7-9/h3-8H,1-2H3. The summed E-state index contributed by atoms with van der Waals surface area (Å²) in [6.07, 6.45) is 2.80. The molecule has 0 bridgehead atoms. The van der Waals surface area contributed by atoms with Crippen LogP contribution in [0, 0.1) is 0 Å². The van der Waals surface area contributed by atoms with Gasteiger partial charge in [-0.05, 0) is 18.4 Å². The van der Waals surface area contributed by atoms with Gasteiger partial charge in [-0.3, -0.25) is 0 Å². The first-order valence-corrected chi connectivity index (χ1v) is 6.00. The van der Waals surface area contributed by atoms with Crippen LogP contribution in [0.1, 0.15) is 10.4 Å². The molecule has 0 aliphatic heterocycles. The Morgan fingerprint density at radius 1 is 1.24 bits per heavy atom. The zero-order chi connectivity index (χ0) is 12.7. The zero-order valence-corrected chi connectivity index (χ0v) is 10.3. The van der Waals surface area contributed by atoms with Crippen molar-refractivity contribution in [2.24, 2.45) is 0 Å². The summed E-state index contributed by atoms with van der Waals surface area (Å²) in [6.45, 7) is 0. The number of hydrogen-bond donors (Lipinski definition) is 0. The molecule has 0 fully saturated rings. The average molecular weight is 252 g/mol. The molecule has 5 heteroatoms. The highest BCUT2D eigenvalue weighted by Crippen LogP contribution is 2.13. The molecular formula is C12H12O4S. The number of carbonyl (C=O) groups excluding carboxylic acids is 2. The summed E-state index contributed by atoms with van der Waals surface area (Å²) < 4.78 is 9.40. The van der Waals surface area contributed by atoms with Crippen molar-refractivity contribution in [3.63, 3.8) is 0 Å². The molecule has 17 heavy (non-hydrogen) atoms. The Morgan fingerprint density at radius 2 is 1.88 bits per heavy atom. The van der Waals surface area contributed by atoms with Crippen LogP contribution >= 0.6 is 11.8 Å². The second-order valence-corrected chi connectivity index (χ2v) is 3.80. The summed E-state index contributed by atoms with van der Waals surface area (Å²) in [5.74, 6) is -1.04. The number of benzene rings is 1. The summed E-state index contributed by atoms with van der Waals surface area (Å²) in [6, 6.07) is 8.53. The molecule has 4 nitrogen and oxygen atoms in total. The van der Waals surface area contributed by atoms with Gasteiger partial charge in [-0.25, -0.2) is 9.59 Å². The van der Waals surface area contributed by atoms with E-state index in [1.54, 1.807) is 36.6 Å². The molecule has 0 saturated heterocycles. The minimum Gasteiger partial charge on any atom is -0.465 e. The van der Waals surface area contributed by atoms with Crippen LogP contribution in [0.25, 0.3) is 0 Å². The van der Waals surface area contributed by atoms with E-state index in [9.17, 15) is 9.59 Å². The van der Waals surface area contributed by atoms with E-state index in [2.05, 4.69) is 4.74 Å². The van der Waals surface area contributed by atoms with Crippen LogP contribution in [-0.2, 0) is 14.3 Å². The van der Waals surface area contributed by atoms with Crippen LogP contribution in [0.15, 0.2) is 41.5 Å². The Bertz CT molecular complexity index is 425. The molecule has 0 unspecified atom stereocenters. The van der Waals surface area contributed by atoms with Crippen molar-refractivity contribution in [2.75, 3.05) is 13.4 Å². The van der Waals surface area contributed by atoms with Gasteiger partial charge in [0.2, 0.25) is 0 Å². The van der Waals surface area contributed by atoms with Crippen molar-refractivity contribution in [3.05, 3.63) is 47.1 Å². The second kappa shape index (κ2) is 6.75. The van der Waals surface area contributed by atoms with Gasteiger partial charge in [0.05, 0.1) is 12.7 Å². The lowest BCUT2D eigenvalue weighted by Gasteiger charge is -2.02. The fraction of sp³-hybridized carbons (Fsp3) is 0.167. The maximum atomic E-state index is 11.5. The van der Waals surface area contributed by atoms with Gasteiger partial charge in [-0.15, -0.1) is 11.8 Å². The molecule has 0 aromatic heterocycles. The number of methoxy groups -OCH3 is 1. The van der Waals surface area contributed by atoms with Gasteiger partial charge in [0, 0.05) is 0 Å². The van der Waals surface area contributed by atoms with Gasteiger partial charge in [0.15, 0.2) is 0 Å². The molecule has 0 aliphatic carbocycles. The largest absolute Gasteiger partial charge is 0.465 e. The predicted molar refractivity (Wildman–Crippen MR) is 65.5 cm³/mol. The fourth-order valence-electron chi connectivity index (χ4n) is 1.03. The van der Waals surface area contributed by atoms with Crippen LogP contribution < -0.4 is 0 Å². The van der Waals surface area contributed by atoms with E-state index in [0.29, 0.717) is 5.56 Å².